The van der Waals surface area contributed by atoms with Crippen LogP contribution in [0.1, 0.15) is 61.5 Å². The molecular formula is C26H29NO3S2. The van der Waals surface area contributed by atoms with Gasteiger partial charge >= 0.3 is 5.97 Å². The lowest BCUT2D eigenvalue weighted by Crippen LogP contribution is -2.36. The second-order valence-electron chi connectivity index (χ2n) is 8.16. The minimum atomic E-state index is -0.381. The number of Topliss-reactive ketones (excluding diaryl/α,β-unsaturated/α-hetero) is 1. The summed E-state index contributed by atoms with van der Waals surface area (Å²) in [5.41, 5.74) is 5.26. The summed E-state index contributed by atoms with van der Waals surface area (Å²) in [7, 11) is 1.41. The SMILES string of the molecule is CCSc1sc(CC)cc1C1C(C(=O)OC)=C(C)NC2=C1C(=O)CC(c1ccccc1)C2. The highest BCUT2D eigenvalue weighted by Crippen LogP contribution is 2.49. The van der Waals surface area contributed by atoms with E-state index in [1.165, 1.54) is 21.8 Å². The zero-order chi connectivity index (χ0) is 22.8. The summed E-state index contributed by atoms with van der Waals surface area (Å²) in [6, 6.07) is 12.4. The van der Waals surface area contributed by atoms with E-state index in [9.17, 15) is 9.59 Å². The number of ether oxygens (including phenoxy) is 1. The van der Waals surface area contributed by atoms with Crippen molar-refractivity contribution in [2.24, 2.45) is 0 Å². The Morgan fingerprint density at radius 2 is 1.97 bits per heavy atom. The second kappa shape index (κ2) is 9.67. The first-order chi connectivity index (χ1) is 15.5. The highest BCUT2D eigenvalue weighted by molar-refractivity contribution is 8.01. The molecule has 4 rings (SSSR count). The molecule has 2 aromatic rings. The minimum absolute atomic E-state index is 0.114. The zero-order valence-electron chi connectivity index (χ0n) is 19.0. The third-order valence-electron chi connectivity index (χ3n) is 6.21. The van der Waals surface area contributed by atoms with Crippen molar-refractivity contribution in [1.82, 2.24) is 5.32 Å². The smallest absolute Gasteiger partial charge is 0.336 e. The molecule has 2 unspecified atom stereocenters. The first-order valence-corrected chi connectivity index (χ1v) is 12.9. The Bertz CT molecular complexity index is 1100. The normalized spacial score (nSPS) is 20.8. The molecule has 0 saturated heterocycles. The van der Waals surface area contributed by atoms with Gasteiger partial charge in [0, 0.05) is 28.3 Å². The third kappa shape index (κ3) is 4.18. The van der Waals surface area contributed by atoms with E-state index in [0.29, 0.717) is 12.0 Å². The van der Waals surface area contributed by atoms with E-state index >= 15 is 0 Å². The molecule has 2 heterocycles. The molecule has 0 radical (unpaired) electrons. The lowest BCUT2D eigenvalue weighted by Gasteiger charge is -2.36. The molecule has 2 atom stereocenters. The molecule has 32 heavy (non-hydrogen) atoms. The number of nitrogens with one attached hydrogen (secondary N) is 1. The van der Waals surface area contributed by atoms with E-state index in [4.69, 9.17) is 4.74 Å². The number of rotatable bonds is 6. The summed E-state index contributed by atoms with van der Waals surface area (Å²) < 4.78 is 6.37. The van der Waals surface area contributed by atoms with Gasteiger partial charge in [-0.15, -0.1) is 23.1 Å². The average Bonchev–Trinajstić information content (AvgIpc) is 3.21. The topological polar surface area (TPSA) is 55.4 Å². The third-order valence-corrected chi connectivity index (χ3v) is 8.69. The fourth-order valence-electron chi connectivity index (χ4n) is 4.75. The Hall–Kier alpha value is -2.31. The van der Waals surface area contributed by atoms with Crippen LogP contribution in [-0.2, 0) is 20.7 Å². The predicted molar refractivity (Wildman–Crippen MR) is 131 cm³/mol. The highest BCUT2D eigenvalue weighted by atomic mass is 32.2. The lowest BCUT2D eigenvalue weighted by molar-refractivity contribution is -0.136. The van der Waals surface area contributed by atoms with Crippen molar-refractivity contribution in [3.05, 3.63) is 74.9 Å². The molecular weight excluding hydrogens is 438 g/mol. The summed E-state index contributed by atoms with van der Waals surface area (Å²) in [5.74, 6) is 0.438. The van der Waals surface area contributed by atoms with E-state index in [-0.39, 0.29) is 23.6 Å². The van der Waals surface area contributed by atoms with E-state index in [2.05, 4.69) is 37.4 Å². The molecule has 1 N–H and O–H groups in total. The molecule has 2 aliphatic rings. The van der Waals surface area contributed by atoms with Crippen molar-refractivity contribution in [3.8, 4) is 0 Å². The molecule has 0 spiro atoms. The van der Waals surface area contributed by atoms with Crippen LogP contribution in [0.25, 0.3) is 0 Å². The molecule has 0 bridgehead atoms. The maximum atomic E-state index is 13.6. The minimum Gasteiger partial charge on any atom is -0.466 e. The van der Waals surface area contributed by atoms with Gasteiger partial charge in [-0.2, -0.15) is 0 Å². The number of aryl methyl sites for hydroxylation is 1. The monoisotopic (exact) mass is 467 g/mol. The summed E-state index contributed by atoms with van der Waals surface area (Å²) >= 11 is 3.55. The Labute approximate surface area is 198 Å². The first kappa shape index (κ1) is 22.9. The van der Waals surface area contributed by atoms with Crippen LogP contribution in [0.5, 0.6) is 0 Å². The molecule has 0 saturated carbocycles. The number of dihydropyridines is 1. The number of carbonyl (C=O) groups is 2. The van der Waals surface area contributed by atoms with Crippen LogP contribution in [0, 0.1) is 0 Å². The fourth-order valence-corrected chi connectivity index (χ4v) is 7.13. The summed E-state index contributed by atoms with van der Waals surface area (Å²) in [4.78, 5) is 27.8. The van der Waals surface area contributed by atoms with Gasteiger partial charge in [0.25, 0.3) is 0 Å². The Morgan fingerprint density at radius 1 is 1.22 bits per heavy atom. The average molecular weight is 468 g/mol. The summed E-state index contributed by atoms with van der Waals surface area (Å²) in [6.07, 6.45) is 2.14. The van der Waals surface area contributed by atoms with E-state index in [1.54, 1.807) is 23.1 Å². The van der Waals surface area contributed by atoms with Crippen LogP contribution in [0.15, 0.2) is 63.1 Å². The van der Waals surface area contributed by atoms with Crippen molar-refractivity contribution in [2.45, 2.75) is 56.1 Å². The van der Waals surface area contributed by atoms with Crippen LogP contribution in [0.3, 0.4) is 0 Å². The van der Waals surface area contributed by atoms with Crippen LogP contribution in [-0.4, -0.2) is 24.6 Å². The van der Waals surface area contributed by atoms with Gasteiger partial charge in [0.1, 0.15) is 0 Å². The van der Waals surface area contributed by atoms with Gasteiger partial charge in [-0.25, -0.2) is 4.79 Å². The number of thiophene rings is 1. The van der Waals surface area contributed by atoms with Crippen LogP contribution >= 0.6 is 23.1 Å². The van der Waals surface area contributed by atoms with Gasteiger partial charge < -0.3 is 10.1 Å². The highest BCUT2D eigenvalue weighted by Gasteiger charge is 2.42. The Kier molecular flexibility index (Phi) is 6.91. The predicted octanol–water partition coefficient (Wildman–Crippen LogP) is 5.96. The number of hydrogen-bond acceptors (Lipinski definition) is 6. The molecule has 6 heteroatoms. The lowest BCUT2D eigenvalue weighted by atomic mass is 9.72. The van der Waals surface area contributed by atoms with Crippen LogP contribution in [0.2, 0.25) is 0 Å². The summed E-state index contributed by atoms with van der Waals surface area (Å²) in [6.45, 7) is 6.19. The number of hydrogen-bond donors (Lipinski definition) is 1. The quantitative estimate of drug-likeness (QED) is 0.420. The van der Waals surface area contributed by atoms with Gasteiger partial charge in [-0.3, -0.25) is 4.79 Å². The van der Waals surface area contributed by atoms with Gasteiger partial charge in [0.2, 0.25) is 0 Å². The van der Waals surface area contributed by atoms with Crippen LogP contribution < -0.4 is 5.32 Å². The summed E-state index contributed by atoms with van der Waals surface area (Å²) in [5, 5.41) is 3.42. The van der Waals surface area contributed by atoms with E-state index in [1.807, 2.05) is 25.1 Å². The van der Waals surface area contributed by atoms with Gasteiger partial charge in [0.05, 0.1) is 22.8 Å². The first-order valence-electron chi connectivity index (χ1n) is 11.1. The van der Waals surface area contributed by atoms with Crippen molar-refractivity contribution < 1.29 is 14.3 Å². The van der Waals surface area contributed by atoms with Crippen molar-refractivity contribution in [3.63, 3.8) is 0 Å². The number of benzene rings is 1. The number of thioether (sulfide) groups is 1. The fraction of sp³-hybridized carbons (Fsp3) is 0.385. The Balaban J connectivity index is 1.85. The molecule has 4 nitrogen and oxygen atoms in total. The molecule has 1 aliphatic heterocycles. The maximum Gasteiger partial charge on any atom is 0.336 e. The zero-order valence-corrected chi connectivity index (χ0v) is 20.6. The maximum absolute atomic E-state index is 13.6. The van der Waals surface area contributed by atoms with Crippen molar-refractivity contribution >= 4 is 34.9 Å². The number of methoxy groups -OCH3 is 1. The van der Waals surface area contributed by atoms with E-state index < -0.39 is 0 Å². The standard InChI is InChI=1S/C26H29NO3S2/c1-5-18-14-19(26(32-18)31-6-2)23-22(25(29)30-4)15(3)27-20-12-17(13-21(28)24(20)23)16-10-8-7-9-11-16/h7-11,14,17,23,27H,5-6,12-13H2,1-4H3. The second-order valence-corrected chi connectivity index (χ2v) is 10.8. The molecule has 0 amide bonds. The number of esters is 1. The van der Waals surface area contributed by atoms with Gasteiger partial charge in [-0.05, 0) is 48.6 Å². The molecule has 0 fully saturated rings. The van der Waals surface area contributed by atoms with Crippen molar-refractivity contribution in [1.29, 1.82) is 0 Å². The number of ketones is 1. The molecule has 1 aliphatic carbocycles. The number of allylic oxidation sites excluding steroid dienone is 3. The number of carbonyl (C=O) groups excluding carboxylic acids is 2. The van der Waals surface area contributed by atoms with Crippen molar-refractivity contribution in [2.75, 3.05) is 12.9 Å². The Morgan fingerprint density at radius 3 is 2.62 bits per heavy atom. The van der Waals surface area contributed by atoms with Gasteiger partial charge in [0.15, 0.2) is 5.78 Å². The van der Waals surface area contributed by atoms with Gasteiger partial charge in [-0.1, -0.05) is 44.2 Å². The molecule has 168 valence electrons. The molecule has 1 aromatic carbocycles. The molecule has 1 aromatic heterocycles. The largest absolute Gasteiger partial charge is 0.466 e. The van der Waals surface area contributed by atoms with E-state index in [0.717, 1.165) is 41.1 Å². The van der Waals surface area contributed by atoms with Crippen LogP contribution in [0.4, 0.5) is 0 Å².